The van der Waals surface area contributed by atoms with Gasteiger partial charge in [-0.05, 0) is 35.9 Å². The van der Waals surface area contributed by atoms with Crippen LogP contribution < -0.4 is 9.64 Å². The summed E-state index contributed by atoms with van der Waals surface area (Å²) < 4.78 is 10.3. The molecule has 0 aliphatic carbocycles. The van der Waals surface area contributed by atoms with E-state index < -0.39 is 5.97 Å². The number of methoxy groups -OCH3 is 1. The largest absolute Gasteiger partial charge is 0.497 e. The summed E-state index contributed by atoms with van der Waals surface area (Å²) >= 11 is 6.04. The Morgan fingerprint density at radius 1 is 1.04 bits per heavy atom. The zero-order chi connectivity index (χ0) is 19.9. The maximum atomic E-state index is 12.3. The summed E-state index contributed by atoms with van der Waals surface area (Å²) in [5, 5.41) is 0.693. The number of hydrogen-bond donors (Lipinski definition) is 0. The average Bonchev–Trinajstić information content (AvgIpc) is 2.72. The van der Waals surface area contributed by atoms with E-state index in [-0.39, 0.29) is 18.9 Å². The first kappa shape index (κ1) is 20.0. The molecule has 6 nitrogen and oxygen atoms in total. The molecule has 1 fully saturated rings. The fraction of sp³-hybridized carbons (Fsp3) is 0.333. The van der Waals surface area contributed by atoms with Gasteiger partial charge in [-0.3, -0.25) is 9.59 Å². The fourth-order valence-corrected chi connectivity index (χ4v) is 3.31. The molecule has 28 heavy (non-hydrogen) atoms. The van der Waals surface area contributed by atoms with Crippen molar-refractivity contribution in [2.45, 2.75) is 6.42 Å². The molecule has 0 atom stereocenters. The van der Waals surface area contributed by atoms with Crippen molar-refractivity contribution in [3.05, 3.63) is 59.1 Å². The second kappa shape index (κ2) is 9.46. The van der Waals surface area contributed by atoms with Gasteiger partial charge in [0, 0.05) is 36.9 Å². The minimum atomic E-state index is -0.431. The molecule has 1 heterocycles. The van der Waals surface area contributed by atoms with Crippen molar-refractivity contribution in [2.75, 3.05) is 44.8 Å². The van der Waals surface area contributed by atoms with Gasteiger partial charge < -0.3 is 19.3 Å². The smallest absolute Gasteiger partial charge is 0.310 e. The predicted molar refractivity (Wildman–Crippen MR) is 108 cm³/mol. The van der Waals surface area contributed by atoms with Crippen LogP contribution in [0.15, 0.2) is 48.5 Å². The minimum absolute atomic E-state index is 0.104. The molecule has 0 aromatic heterocycles. The van der Waals surface area contributed by atoms with Gasteiger partial charge >= 0.3 is 5.97 Å². The Morgan fingerprint density at radius 3 is 2.50 bits per heavy atom. The highest BCUT2D eigenvalue weighted by molar-refractivity contribution is 6.30. The molecule has 1 amide bonds. The molecule has 1 aliphatic heterocycles. The van der Waals surface area contributed by atoms with Gasteiger partial charge in [-0.1, -0.05) is 29.8 Å². The standard InChI is InChI=1S/C21H23ClN2O4/c1-27-19-7-2-4-16(12-19)13-21(26)28-15-20(25)24-10-8-23(9-11-24)18-6-3-5-17(22)14-18/h2-7,12,14H,8-11,13,15H2,1H3. The maximum Gasteiger partial charge on any atom is 0.310 e. The molecule has 0 saturated carbocycles. The number of esters is 1. The number of anilines is 1. The Labute approximate surface area is 169 Å². The normalized spacial score (nSPS) is 13.9. The molecule has 1 aliphatic rings. The lowest BCUT2D eigenvalue weighted by molar-refractivity contribution is -0.151. The molecule has 2 aromatic carbocycles. The van der Waals surface area contributed by atoms with Gasteiger partial charge in [-0.2, -0.15) is 0 Å². The van der Waals surface area contributed by atoms with Crippen molar-refractivity contribution in [1.29, 1.82) is 0 Å². The quantitative estimate of drug-likeness (QED) is 0.695. The summed E-state index contributed by atoms with van der Waals surface area (Å²) in [6.45, 7) is 2.35. The third kappa shape index (κ3) is 5.39. The number of piperazine rings is 1. The van der Waals surface area contributed by atoms with E-state index in [0.29, 0.717) is 37.0 Å². The number of benzene rings is 2. The van der Waals surface area contributed by atoms with E-state index in [9.17, 15) is 9.59 Å². The van der Waals surface area contributed by atoms with Gasteiger partial charge in [-0.25, -0.2) is 0 Å². The third-order valence-electron chi connectivity index (χ3n) is 4.64. The molecule has 2 aromatic rings. The van der Waals surface area contributed by atoms with Crippen LogP contribution in [0.25, 0.3) is 0 Å². The first-order valence-electron chi connectivity index (χ1n) is 9.12. The van der Waals surface area contributed by atoms with Crippen molar-refractivity contribution in [3.8, 4) is 5.75 Å². The number of amides is 1. The molecule has 0 unspecified atom stereocenters. The van der Waals surface area contributed by atoms with Crippen LogP contribution in [0, 0.1) is 0 Å². The summed E-state index contributed by atoms with van der Waals surface area (Å²) in [7, 11) is 1.57. The van der Waals surface area contributed by atoms with Crippen molar-refractivity contribution in [2.24, 2.45) is 0 Å². The number of nitrogens with zero attached hydrogens (tertiary/aromatic N) is 2. The highest BCUT2D eigenvalue weighted by Crippen LogP contribution is 2.20. The Kier molecular flexibility index (Phi) is 6.76. The van der Waals surface area contributed by atoms with Crippen molar-refractivity contribution >= 4 is 29.2 Å². The van der Waals surface area contributed by atoms with E-state index in [4.69, 9.17) is 21.1 Å². The van der Waals surface area contributed by atoms with Gasteiger partial charge in [-0.15, -0.1) is 0 Å². The average molecular weight is 403 g/mol. The number of rotatable bonds is 6. The van der Waals surface area contributed by atoms with Gasteiger partial charge in [0.25, 0.3) is 5.91 Å². The lowest BCUT2D eigenvalue weighted by Crippen LogP contribution is -2.50. The number of carbonyl (C=O) groups is 2. The van der Waals surface area contributed by atoms with Gasteiger partial charge in [0.15, 0.2) is 6.61 Å². The van der Waals surface area contributed by atoms with Crippen molar-refractivity contribution in [1.82, 2.24) is 4.90 Å². The van der Waals surface area contributed by atoms with Crippen LogP contribution in [0.5, 0.6) is 5.75 Å². The lowest BCUT2D eigenvalue weighted by atomic mass is 10.1. The molecule has 0 N–H and O–H groups in total. The van der Waals surface area contributed by atoms with Crippen molar-refractivity contribution in [3.63, 3.8) is 0 Å². The van der Waals surface area contributed by atoms with E-state index in [1.165, 1.54) is 0 Å². The Morgan fingerprint density at radius 2 is 1.79 bits per heavy atom. The summed E-state index contributed by atoms with van der Waals surface area (Å²) in [6, 6.07) is 14.9. The van der Waals surface area contributed by atoms with Crippen LogP contribution >= 0.6 is 11.6 Å². The van der Waals surface area contributed by atoms with Crippen LogP contribution in [0.1, 0.15) is 5.56 Å². The van der Waals surface area contributed by atoms with E-state index >= 15 is 0 Å². The molecule has 7 heteroatoms. The van der Waals surface area contributed by atoms with Crippen molar-refractivity contribution < 1.29 is 19.1 Å². The van der Waals surface area contributed by atoms with Gasteiger partial charge in [0.05, 0.1) is 13.5 Å². The number of carbonyl (C=O) groups excluding carboxylic acids is 2. The minimum Gasteiger partial charge on any atom is -0.497 e. The lowest BCUT2D eigenvalue weighted by Gasteiger charge is -2.36. The second-order valence-corrected chi connectivity index (χ2v) is 6.97. The summed E-state index contributed by atoms with van der Waals surface area (Å²) in [5.41, 5.74) is 1.83. The van der Waals surface area contributed by atoms with Crippen LogP contribution in [0.2, 0.25) is 5.02 Å². The Bertz CT molecular complexity index is 835. The molecule has 0 bridgehead atoms. The van der Waals surface area contributed by atoms with E-state index in [1.54, 1.807) is 24.1 Å². The van der Waals surface area contributed by atoms with E-state index in [2.05, 4.69) is 4.90 Å². The molecular formula is C21H23ClN2O4. The molecule has 0 radical (unpaired) electrons. The summed E-state index contributed by atoms with van der Waals surface area (Å²) in [5.74, 6) is 0.0721. The number of ether oxygens (including phenoxy) is 2. The monoisotopic (exact) mass is 402 g/mol. The number of halogens is 1. The molecule has 148 valence electrons. The first-order chi connectivity index (χ1) is 13.5. The predicted octanol–water partition coefficient (Wildman–Crippen LogP) is 2.78. The highest BCUT2D eigenvalue weighted by atomic mass is 35.5. The molecule has 1 saturated heterocycles. The summed E-state index contributed by atoms with van der Waals surface area (Å²) in [6.07, 6.45) is 0.104. The third-order valence-corrected chi connectivity index (χ3v) is 4.88. The van der Waals surface area contributed by atoms with Crippen LogP contribution in [0.4, 0.5) is 5.69 Å². The number of hydrogen-bond acceptors (Lipinski definition) is 5. The van der Waals surface area contributed by atoms with Crippen LogP contribution in [-0.2, 0) is 20.7 Å². The topological polar surface area (TPSA) is 59.1 Å². The van der Waals surface area contributed by atoms with E-state index in [1.807, 2.05) is 36.4 Å². The zero-order valence-electron chi connectivity index (χ0n) is 15.8. The highest BCUT2D eigenvalue weighted by Gasteiger charge is 2.22. The fourth-order valence-electron chi connectivity index (χ4n) is 3.12. The zero-order valence-corrected chi connectivity index (χ0v) is 16.5. The molecule has 0 spiro atoms. The summed E-state index contributed by atoms with van der Waals surface area (Å²) in [4.78, 5) is 28.3. The molecule has 3 rings (SSSR count). The van der Waals surface area contributed by atoms with Crippen LogP contribution in [0.3, 0.4) is 0 Å². The van der Waals surface area contributed by atoms with E-state index in [0.717, 1.165) is 11.3 Å². The SMILES string of the molecule is COc1cccc(CC(=O)OCC(=O)N2CCN(c3cccc(Cl)c3)CC2)c1. The first-order valence-corrected chi connectivity index (χ1v) is 9.50. The van der Waals surface area contributed by atoms with Crippen LogP contribution in [-0.4, -0.2) is 56.7 Å². The van der Waals surface area contributed by atoms with Gasteiger partial charge in [0.1, 0.15) is 5.75 Å². The van der Waals surface area contributed by atoms with Gasteiger partial charge in [0.2, 0.25) is 0 Å². The molecular weight excluding hydrogens is 380 g/mol. The Balaban J connectivity index is 1.43. The maximum absolute atomic E-state index is 12.3. The Hall–Kier alpha value is -2.73. The second-order valence-electron chi connectivity index (χ2n) is 6.54.